The third kappa shape index (κ3) is 6.92. The van der Waals surface area contributed by atoms with Crippen molar-refractivity contribution in [1.82, 2.24) is 9.80 Å². The van der Waals surface area contributed by atoms with Crippen molar-refractivity contribution in [1.29, 1.82) is 0 Å². The average Bonchev–Trinajstić information content (AvgIpc) is 2.80. The number of likely N-dealkylation sites (tertiary alicyclic amines) is 1. The van der Waals surface area contributed by atoms with Crippen molar-refractivity contribution < 1.29 is 18.6 Å². The van der Waals surface area contributed by atoms with E-state index >= 15 is 0 Å². The Hall–Kier alpha value is -2.15. The van der Waals surface area contributed by atoms with E-state index in [-0.39, 0.29) is 5.82 Å². The molecule has 1 saturated heterocycles. The molecule has 170 valence electrons. The predicted molar refractivity (Wildman–Crippen MR) is 121 cm³/mol. The van der Waals surface area contributed by atoms with Gasteiger partial charge >= 0.3 is 0 Å². The molecule has 1 fully saturated rings. The van der Waals surface area contributed by atoms with E-state index in [2.05, 4.69) is 15.9 Å². The fourth-order valence-corrected chi connectivity index (χ4v) is 4.26. The Morgan fingerprint density at radius 2 is 1.77 bits per heavy atom. The van der Waals surface area contributed by atoms with Gasteiger partial charge in [-0.05, 0) is 56.1 Å². The van der Waals surface area contributed by atoms with Crippen LogP contribution in [0.1, 0.15) is 24.0 Å². The summed E-state index contributed by atoms with van der Waals surface area (Å²) in [5, 5.41) is 0. The molecule has 2 aromatic rings. The number of hydrogen-bond donors (Lipinski definition) is 0. The van der Waals surface area contributed by atoms with E-state index in [1.165, 1.54) is 0 Å². The summed E-state index contributed by atoms with van der Waals surface area (Å²) in [7, 11) is 5.13. The van der Waals surface area contributed by atoms with Crippen LogP contribution in [0.4, 0.5) is 4.39 Å². The van der Waals surface area contributed by atoms with Gasteiger partial charge in [0.05, 0.1) is 20.8 Å². The predicted octanol–water partition coefficient (Wildman–Crippen LogP) is 4.20. The third-order valence-electron chi connectivity index (χ3n) is 6.07. The van der Waals surface area contributed by atoms with Crippen molar-refractivity contribution in [2.24, 2.45) is 5.92 Å². The molecule has 6 heteroatoms. The maximum atomic E-state index is 14.0. The van der Waals surface area contributed by atoms with Crippen LogP contribution in [0.5, 0.6) is 11.5 Å². The first-order valence-electron chi connectivity index (χ1n) is 11.0. The molecule has 0 aromatic heterocycles. The van der Waals surface area contributed by atoms with E-state index in [1.54, 1.807) is 33.5 Å². The summed E-state index contributed by atoms with van der Waals surface area (Å²) in [6.45, 7) is 6.05. The molecule has 0 atom stereocenters. The molecule has 31 heavy (non-hydrogen) atoms. The minimum Gasteiger partial charge on any atom is -0.497 e. The Morgan fingerprint density at radius 3 is 2.45 bits per heavy atom. The van der Waals surface area contributed by atoms with E-state index in [9.17, 15) is 4.39 Å². The Balaban J connectivity index is 1.57. The summed E-state index contributed by atoms with van der Waals surface area (Å²) in [6, 6.07) is 13.0. The first kappa shape index (κ1) is 23.5. The van der Waals surface area contributed by atoms with Crippen LogP contribution in [-0.2, 0) is 17.8 Å². The minimum atomic E-state index is -0.109. The van der Waals surface area contributed by atoms with Crippen LogP contribution in [0.25, 0.3) is 0 Å². The lowest BCUT2D eigenvalue weighted by Crippen LogP contribution is -2.39. The van der Waals surface area contributed by atoms with E-state index in [1.807, 2.05) is 24.3 Å². The smallest absolute Gasteiger partial charge is 0.127 e. The molecule has 5 nitrogen and oxygen atoms in total. The summed E-state index contributed by atoms with van der Waals surface area (Å²) < 4.78 is 30.3. The van der Waals surface area contributed by atoms with Crippen molar-refractivity contribution in [2.45, 2.75) is 25.9 Å². The Morgan fingerprint density at radius 1 is 1.00 bits per heavy atom. The highest BCUT2D eigenvalue weighted by Gasteiger charge is 2.23. The quantitative estimate of drug-likeness (QED) is 0.534. The molecular weight excluding hydrogens is 395 g/mol. The standard InChI is InChI=1S/C25H35FN2O3/c1-29-15-14-28(19-22-16-23(30-2)8-9-25(22)31-3)17-20-10-12-27(13-11-20)18-21-6-4-5-7-24(21)26/h4-9,16,20H,10-15,17-19H2,1-3H3. The van der Waals surface area contributed by atoms with E-state index < -0.39 is 0 Å². The lowest BCUT2D eigenvalue weighted by atomic mass is 9.95. The fraction of sp³-hybridized carbons (Fsp3) is 0.520. The Bertz CT molecular complexity index is 809. The van der Waals surface area contributed by atoms with Crippen molar-refractivity contribution in [3.8, 4) is 11.5 Å². The van der Waals surface area contributed by atoms with Crippen LogP contribution < -0.4 is 9.47 Å². The molecule has 1 heterocycles. The second kappa shape index (κ2) is 12.0. The number of halogens is 1. The number of rotatable bonds is 11. The van der Waals surface area contributed by atoms with E-state index in [0.29, 0.717) is 19.1 Å². The van der Waals surface area contributed by atoms with Gasteiger partial charge in [0.1, 0.15) is 17.3 Å². The molecule has 0 bridgehead atoms. The zero-order valence-electron chi connectivity index (χ0n) is 19.0. The molecule has 1 aliphatic heterocycles. The molecule has 2 aromatic carbocycles. The monoisotopic (exact) mass is 430 g/mol. The van der Waals surface area contributed by atoms with Gasteiger partial charge in [-0.3, -0.25) is 9.80 Å². The maximum absolute atomic E-state index is 14.0. The van der Waals surface area contributed by atoms with Gasteiger partial charge in [-0.1, -0.05) is 18.2 Å². The Labute approximate surface area is 185 Å². The maximum Gasteiger partial charge on any atom is 0.127 e. The minimum absolute atomic E-state index is 0.109. The highest BCUT2D eigenvalue weighted by atomic mass is 19.1. The molecule has 0 N–H and O–H groups in total. The first-order chi connectivity index (χ1) is 15.1. The zero-order chi connectivity index (χ0) is 22.1. The number of hydrogen-bond acceptors (Lipinski definition) is 5. The van der Waals surface area contributed by atoms with Gasteiger partial charge in [-0.2, -0.15) is 0 Å². The fourth-order valence-electron chi connectivity index (χ4n) is 4.26. The zero-order valence-corrected chi connectivity index (χ0v) is 19.0. The normalized spacial score (nSPS) is 15.4. The second-order valence-corrected chi connectivity index (χ2v) is 8.22. The summed E-state index contributed by atoms with van der Waals surface area (Å²) in [4.78, 5) is 4.80. The van der Waals surface area contributed by atoms with Crippen LogP contribution in [0.15, 0.2) is 42.5 Å². The van der Waals surface area contributed by atoms with Crippen LogP contribution in [-0.4, -0.2) is 63.9 Å². The number of nitrogens with zero attached hydrogens (tertiary/aromatic N) is 2. The number of benzene rings is 2. The van der Waals surface area contributed by atoms with Gasteiger partial charge in [0.2, 0.25) is 0 Å². The lowest BCUT2D eigenvalue weighted by molar-refractivity contribution is 0.105. The van der Waals surface area contributed by atoms with E-state index in [0.717, 1.165) is 68.2 Å². The van der Waals surface area contributed by atoms with Gasteiger partial charge < -0.3 is 14.2 Å². The van der Waals surface area contributed by atoms with Gasteiger partial charge in [0.15, 0.2) is 0 Å². The molecule has 3 rings (SSSR count). The lowest BCUT2D eigenvalue weighted by Gasteiger charge is -2.35. The highest BCUT2D eigenvalue weighted by molar-refractivity contribution is 5.40. The number of piperidine rings is 1. The van der Waals surface area contributed by atoms with E-state index in [4.69, 9.17) is 14.2 Å². The molecule has 1 aliphatic rings. The molecule has 0 amide bonds. The van der Waals surface area contributed by atoms with Gasteiger partial charge in [-0.15, -0.1) is 0 Å². The van der Waals surface area contributed by atoms with Crippen LogP contribution in [0.3, 0.4) is 0 Å². The van der Waals surface area contributed by atoms with Crippen molar-refractivity contribution >= 4 is 0 Å². The summed E-state index contributed by atoms with van der Waals surface area (Å²) in [6.07, 6.45) is 2.24. The largest absolute Gasteiger partial charge is 0.497 e. The summed E-state index contributed by atoms with van der Waals surface area (Å²) in [5.74, 6) is 2.22. The second-order valence-electron chi connectivity index (χ2n) is 8.22. The van der Waals surface area contributed by atoms with Crippen molar-refractivity contribution in [3.05, 3.63) is 59.4 Å². The van der Waals surface area contributed by atoms with Crippen LogP contribution >= 0.6 is 0 Å². The SMILES string of the molecule is COCCN(Cc1cc(OC)ccc1OC)CC1CCN(Cc2ccccc2F)CC1. The van der Waals surface area contributed by atoms with Gasteiger partial charge in [0.25, 0.3) is 0 Å². The average molecular weight is 431 g/mol. The Kier molecular flexibility index (Phi) is 9.13. The first-order valence-corrected chi connectivity index (χ1v) is 11.0. The molecule has 0 aliphatic carbocycles. The van der Waals surface area contributed by atoms with Gasteiger partial charge in [-0.25, -0.2) is 4.39 Å². The van der Waals surface area contributed by atoms with Gasteiger partial charge in [0, 0.05) is 44.4 Å². The molecule has 0 radical (unpaired) electrons. The molecule has 0 unspecified atom stereocenters. The third-order valence-corrected chi connectivity index (χ3v) is 6.07. The van der Waals surface area contributed by atoms with Crippen molar-refractivity contribution in [2.75, 3.05) is 54.1 Å². The summed E-state index contributed by atoms with van der Waals surface area (Å²) in [5.41, 5.74) is 1.91. The topological polar surface area (TPSA) is 34.2 Å². The number of methoxy groups -OCH3 is 3. The van der Waals surface area contributed by atoms with Crippen LogP contribution in [0.2, 0.25) is 0 Å². The molecule has 0 saturated carbocycles. The highest BCUT2D eigenvalue weighted by Crippen LogP contribution is 2.27. The molecule has 0 spiro atoms. The van der Waals surface area contributed by atoms with Crippen molar-refractivity contribution in [3.63, 3.8) is 0 Å². The number of ether oxygens (including phenoxy) is 3. The molecular formula is C25H35FN2O3. The van der Waals surface area contributed by atoms with Crippen LogP contribution in [0, 0.1) is 11.7 Å². The summed E-state index contributed by atoms with van der Waals surface area (Å²) >= 11 is 0.